The first-order chi connectivity index (χ1) is 14.4. The van der Waals surface area contributed by atoms with Crippen molar-refractivity contribution in [3.05, 3.63) is 44.6 Å². The Morgan fingerprint density at radius 3 is 2.72 bits per heavy atom. The first-order valence-electron chi connectivity index (χ1n) is 9.76. The molecule has 1 aliphatic rings. The second-order valence-corrected chi connectivity index (χ2v) is 8.65. The minimum atomic E-state index is -0.873. The molecule has 2 atom stereocenters. The normalized spacial score (nSPS) is 16.3. The number of amides is 2. The van der Waals surface area contributed by atoms with Crippen molar-refractivity contribution in [2.45, 2.75) is 44.7 Å². The number of aryl methyl sites for hydroxylation is 1. The molecule has 2 aromatic rings. The fraction of sp³-hybridized carbons (Fsp3) is 0.450. The summed E-state index contributed by atoms with van der Waals surface area (Å²) in [5, 5.41) is 18.4. The van der Waals surface area contributed by atoms with Gasteiger partial charge < -0.3 is 21.1 Å². The number of nitrogens with one attached hydrogen (secondary N) is 3. The molecule has 1 fully saturated rings. The molecule has 3 rings (SSSR count). The second kappa shape index (κ2) is 13.3. The molecule has 4 N–H and O–H groups in total. The van der Waals surface area contributed by atoms with E-state index in [1.165, 1.54) is 23.5 Å². The van der Waals surface area contributed by atoms with E-state index in [-0.39, 0.29) is 48.2 Å². The van der Waals surface area contributed by atoms with E-state index in [1.54, 1.807) is 0 Å². The summed E-state index contributed by atoms with van der Waals surface area (Å²) < 4.78 is 13.3. The zero-order valence-corrected chi connectivity index (χ0v) is 20.5. The first-order valence-corrected chi connectivity index (χ1v) is 11.0. The largest absolute Gasteiger partial charge is 0.396 e. The number of aliphatic hydroxyl groups excluding tert-OH is 1. The van der Waals surface area contributed by atoms with Crippen molar-refractivity contribution in [3.8, 4) is 0 Å². The average Bonchev–Trinajstić information content (AvgIpc) is 3.09. The Kier molecular flexibility index (Phi) is 11.8. The topological polar surface area (TPSA) is 103 Å². The smallest absolute Gasteiger partial charge is 0.313 e. The van der Waals surface area contributed by atoms with Gasteiger partial charge in [0.05, 0.1) is 16.8 Å². The highest BCUT2D eigenvalue weighted by Gasteiger charge is 2.31. The van der Waals surface area contributed by atoms with E-state index in [2.05, 4.69) is 20.9 Å². The number of anilines is 1. The highest BCUT2D eigenvalue weighted by molar-refractivity contribution is 7.11. The van der Waals surface area contributed by atoms with Crippen LogP contribution in [0.2, 0.25) is 5.02 Å². The summed E-state index contributed by atoms with van der Waals surface area (Å²) in [6.07, 6.45) is 3.40. The minimum absolute atomic E-state index is 0. The van der Waals surface area contributed by atoms with Gasteiger partial charge in [0.15, 0.2) is 0 Å². The van der Waals surface area contributed by atoms with Crippen LogP contribution in [0.25, 0.3) is 0 Å². The second-order valence-electron chi connectivity index (χ2n) is 7.12. The van der Waals surface area contributed by atoms with E-state index in [0.717, 1.165) is 42.4 Å². The number of hydrogen-bond donors (Lipinski definition) is 4. The molecule has 2 amide bonds. The summed E-state index contributed by atoms with van der Waals surface area (Å²) in [6.45, 7) is 2.71. The van der Waals surface area contributed by atoms with Crippen molar-refractivity contribution < 1.29 is 19.1 Å². The third-order valence-corrected chi connectivity index (χ3v) is 6.53. The molecule has 1 aliphatic heterocycles. The van der Waals surface area contributed by atoms with E-state index in [9.17, 15) is 19.1 Å². The van der Waals surface area contributed by atoms with Gasteiger partial charge in [-0.2, -0.15) is 0 Å². The van der Waals surface area contributed by atoms with Crippen LogP contribution >= 0.6 is 47.8 Å². The van der Waals surface area contributed by atoms with Crippen LogP contribution < -0.4 is 16.0 Å². The fourth-order valence-electron chi connectivity index (χ4n) is 3.38. The van der Waals surface area contributed by atoms with Gasteiger partial charge in [-0.1, -0.05) is 18.0 Å². The number of rotatable bonds is 6. The highest BCUT2D eigenvalue weighted by atomic mass is 35.5. The zero-order chi connectivity index (χ0) is 21.7. The van der Waals surface area contributed by atoms with Crippen LogP contribution in [0.1, 0.15) is 40.9 Å². The molecule has 12 heteroatoms. The first kappa shape index (κ1) is 28.5. The molecule has 1 saturated heterocycles. The van der Waals surface area contributed by atoms with E-state index in [4.69, 9.17) is 11.6 Å². The van der Waals surface area contributed by atoms with Crippen molar-refractivity contribution >= 4 is 65.3 Å². The molecule has 2 heterocycles. The molecule has 1 aromatic carbocycles. The van der Waals surface area contributed by atoms with Gasteiger partial charge in [0, 0.05) is 29.6 Å². The lowest BCUT2D eigenvalue weighted by molar-refractivity contribution is -0.136. The number of piperidine rings is 1. The molecular formula is C20H26Cl3FN4O3S. The Bertz CT molecular complexity index is 925. The molecule has 2 unspecified atom stereocenters. The molecule has 178 valence electrons. The lowest BCUT2D eigenvalue weighted by Crippen LogP contribution is -2.48. The van der Waals surface area contributed by atoms with Crippen LogP contribution in [0.15, 0.2) is 18.2 Å². The number of thiazole rings is 1. The van der Waals surface area contributed by atoms with Crippen molar-refractivity contribution in [1.82, 2.24) is 15.6 Å². The van der Waals surface area contributed by atoms with Gasteiger partial charge in [0.25, 0.3) is 0 Å². The minimum Gasteiger partial charge on any atom is -0.396 e. The summed E-state index contributed by atoms with van der Waals surface area (Å²) in [5.41, 5.74) is 1.04. The fourth-order valence-corrected chi connectivity index (χ4v) is 4.74. The van der Waals surface area contributed by atoms with Crippen molar-refractivity contribution in [2.24, 2.45) is 0 Å². The molecule has 0 saturated carbocycles. The zero-order valence-electron chi connectivity index (χ0n) is 17.3. The third-order valence-electron chi connectivity index (χ3n) is 4.94. The van der Waals surface area contributed by atoms with E-state index in [1.807, 2.05) is 6.92 Å². The monoisotopic (exact) mass is 526 g/mol. The van der Waals surface area contributed by atoms with Crippen molar-refractivity contribution in [3.63, 3.8) is 0 Å². The lowest BCUT2D eigenvalue weighted by atomic mass is 9.98. The number of hydrogen-bond acceptors (Lipinski definition) is 6. The molecule has 7 nitrogen and oxygen atoms in total. The number of halogens is 4. The maximum atomic E-state index is 13.3. The van der Waals surface area contributed by atoms with Gasteiger partial charge in [0.2, 0.25) is 0 Å². The maximum Gasteiger partial charge on any atom is 0.313 e. The number of aromatic nitrogens is 1. The van der Waals surface area contributed by atoms with Gasteiger partial charge in [-0.3, -0.25) is 9.59 Å². The Labute approximate surface area is 207 Å². The Balaban J connectivity index is 0.00000256. The Morgan fingerprint density at radius 2 is 2.09 bits per heavy atom. The van der Waals surface area contributed by atoms with Gasteiger partial charge in [0.1, 0.15) is 10.8 Å². The maximum absolute atomic E-state index is 13.3. The third kappa shape index (κ3) is 7.26. The van der Waals surface area contributed by atoms with Gasteiger partial charge >= 0.3 is 11.8 Å². The molecule has 0 radical (unpaired) electrons. The van der Waals surface area contributed by atoms with Crippen LogP contribution in [0, 0.1) is 12.7 Å². The highest BCUT2D eigenvalue weighted by Crippen LogP contribution is 2.29. The summed E-state index contributed by atoms with van der Waals surface area (Å²) in [6, 6.07) is 3.16. The van der Waals surface area contributed by atoms with Crippen molar-refractivity contribution in [2.75, 3.05) is 18.5 Å². The van der Waals surface area contributed by atoms with E-state index in [0.29, 0.717) is 11.4 Å². The van der Waals surface area contributed by atoms with E-state index < -0.39 is 23.7 Å². The number of carbonyl (C=O) groups excluding carboxylic acids is 2. The number of aliphatic hydroxyl groups is 1. The molecule has 0 spiro atoms. The SMILES string of the molecule is Cc1nc(C(NC(=O)C(=O)Nc2ccc(F)c(Cl)c2)C2CCCCN2)sc1CCO.Cl.Cl. The van der Waals surface area contributed by atoms with Crippen LogP contribution in [-0.4, -0.2) is 41.1 Å². The Hall–Kier alpha value is -1.49. The standard InChI is InChI=1S/C20H24ClFN4O3S.2ClH/c1-11-16(7-9-27)30-20(24-11)17(15-4-2-3-8-23-15)26-19(29)18(28)25-12-5-6-14(22)13(21)10-12;;/h5-6,10,15,17,23,27H,2-4,7-9H2,1H3,(H,25,28)(H,26,29);2*1H. The van der Waals surface area contributed by atoms with Crippen LogP contribution in [0.5, 0.6) is 0 Å². The predicted octanol–water partition coefficient (Wildman–Crippen LogP) is 3.56. The quantitative estimate of drug-likeness (QED) is 0.430. The molecule has 0 aliphatic carbocycles. The molecule has 0 bridgehead atoms. The van der Waals surface area contributed by atoms with Gasteiger partial charge in [-0.05, 0) is 44.5 Å². The van der Waals surface area contributed by atoms with Gasteiger partial charge in [-0.15, -0.1) is 36.2 Å². The van der Waals surface area contributed by atoms with Crippen LogP contribution in [0.4, 0.5) is 10.1 Å². The van der Waals surface area contributed by atoms with Gasteiger partial charge in [-0.25, -0.2) is 9.37 Å². The average molecular weight is 528 g/mol. The summed E-state index contributed by atoms with van der Waals surface area (Å²) >= 11 is 7.16. The lowest BCUT2D eigenvalue weighted by Gasteiger charge is -2.30. The Morgan fingerprint density at radius 1 is 1.34 bits per heavy atom. The number of carbonyl (C=O) groups is 2. The number of benzene rings is 1. The molecule has 1 aromatic heterocycles. The molecular weight excluding hydrogens is 502 g/mol. The predicted molar refractivity (Wildman–Crippen MR) is 129 cm³/mol. The van der Waals surface area contributed by atoms with E-state index >= 15 is 0 Å². The summed E-state index contributed by atoms with van der Waals surface area (Å²) in [7, 11) is 0. The van der Waals surface area contributed by atoms with Crippen molar-refractivity contribution in [1.29, 1.82) is 0 Å². The molecule has 32 heavy (non-hydrogen) atoms. The number of nitrogens with zero attached hydrogens (tertiary/aromatic N) is 1. The van der Waals surface area contributed by atoms with Crippen LogP contribution in [-0.2, 0) is 16.0 Å². The van der Waals surface area contributed by atoms with Crippen LogP contribution in [0.3, 0.4) is 0 Å². The summed E-state index contributed by atoms with van der Waals surface area (Å²) in [4.78, 5) is 30.6. The summed E-state index contributed by atoms with van der Waals surface area (Å²) in [5.74, 6) is -2.30.